The lowest BCUT2D eigenvalue weighted by Gasteiger charge is -2.23. The third-order valence-corrected chi connectivity index (χ3v) is 3.65. The van der Waals surface area contributed by atoms with Crippen molar-refractivity contribution in [1.29, 1.82) is 0 Å². The average molecular weight is 300 g/mol. The standard InChI is InChI=1S/C14H21N3O2.ClH/c1-8-12(10(3)18)9(2)16-13(8)14(19)17-11-5-4-6-15-7-11;/h11,15-16H,4-7H2,1-3H3,(H,17,19);1H/t11-;/m0./s1. The third kappa shape index (κ3) is 3.41. The third-order valence-electron chi connectivity index (χ3n) is 3.65. The number of halogens is 1. The Morgan fingerprint density at radius 2 is 2.00 bits per heavy atom. The van der Waals surface area contributed by atoms with Crippen molar-refractivity contribution >= 4 is 24.1 Å². The van der Waals surface area contributed by atoms with Crippen molar-refractivity contribution < 1.29 is 9.59 Å². The number of aromatic nitrogens is 1. The monoisotopic (exact) mass is 299 g/mol. The highest BCUT2D eigenvalue weighted by Crippen LogP contribution is 2.18. The highest BCUT2D eigenvalue weighted by Gasteiger charge is 2.22. The minimum absolute atomic E-state index is 0. The predicted molar refractivity (Wildman–Crippen MR) is 80.9 cm³/mol. The number of carbonyl (C=O) groups excluding carboxylic acids is 2. The molecule has 2 rings (SSSR count). The highest BCUT2D eigenvalue weighted by atomic mass is 35.5. The molecule has 3 N–H and O–H groups in total. The van der Waals surface area contributed by atoms with Crippen LogP contribution in [0.15, 0.2) is 0 Å². The molecule has 1 aromatic rings. The van der Waals surface area contributed by atoms with Crippen LogP contribution in [0.5, 0.6) is 0 Å². The zero-order valence-electron chi connectivity index (χ0n) is 12.1. The molecule has 1 amide bonds. The van der Waals surface area contributed by atoms with E-state index in [1.54, 1.807) is 0 Å². The van der Waals surface area contributed by atoms with E-state index >= 15 is 0 Å². The molecular formula is C14H22ClN3O2. The molecule has 0 aliphatic carbocycles. The van der Waals surface area contributed by atoms with Crippen molar-refractivity contribution in [2.75, 3.05) is 13.1 Å². The van der Waals surface area contributed by atoms with Gasteiger partial charge >= 0.3 is 0 Å². The van der Waals surface area contributed by atoms with Gasteiger partial charge in [-0.15, -0.1) is 12.4 Å². The summed E-state index contributed by atoms with van der Waals surface area (Å²) >= 11 is 0. The number of rotatable bonds is 3. The maximum absolute atomic E-state index is 12.2. The molecule has 0 aromatic carbocycles. The summed E-state index contributed by atoms with van der Waals surface area (Å²) in [6.45, 7) is 6.98. The summed E-state index contributed by atoms with van der Waals surface area (Å²) in [4.78, 5) is 26.8. The van der Waals surface area contributed by atoms with Crippen LogP contribution in [0, 0.1) is 13.8 Å². The first kappa shape index (κ1) is 16.7. The molecule has 6 heteroatoms. The number of ketones is 1. The van der Waals surface area contributed by atoms with Gasteiger partial charge in [0.2, 0.25) is 0 Å². The molecule has 112 valence electrons. The van der Waals surface area contributed by atoms with Crippen LogP contribution in [0.4, 0.5) is 0 Å². The van der Waals surface area contributed by atoms with Crippen molar-refractivity contribution in [1.82, 2.24) is 15.6 Å². The van der Waals surface area contributed by atoms with Gasteiger partial charge in [-0.25, -0.2) is 0 Å². The Labute approximate surface area is 125 Å². The number of Topliss-reactive ketones (excluding diaryl/α,β-unsaturated/α-hetero) is 1. The Morgan fingerprint density at radius 1 is 1.30 bits per heavy atom. The van der Waals surface area contributed by atoms with Crippen LogP contribution in [-0.4, -0.2) is 35.8 Å². The molecule has 20 heavy (non-hydrogen) atoms. The zero-order valence-corrected chi connectivity index (χ0v) is 12.9. The molecule has 0 spiro atoms. The number of hydrogen-bond acceptors (Lipinski definition) is 3. The maximum atomic E-state index is 12.2. The number of aryl methyl sites for hydroxylation is 1. The number of nitrogens with one attached hydrogen (secondary N) is 3. The van der Waals surface area contributed by atoms with E-state index in [1.807, 2.05) is 13.8 Å². The molecule has 1 fully saturated rings. The van der Waals surface area contributed by atoms with Crippen LogP contribution in [-0.2, 0) is 0 Å². The van der Waals surface area contributed by atoms with Gasteiger partial charge in [0.05, 0.1) is 0 Å². The summed E-state index contributed by atoms with van der Waals surface area (Å²) in [6.07, 6.45) is 2.07. The Balaban J connectivity index is 0.00000200. The van der Waals surface area contributed by atoms with E-state index < -0.39 is 0 Å². The predicted octanol–water partition coefficient (Wildman–Crippen LogP) is 1.74. The maximum Gasteiger partial charge on any atom is 0.268 e. The molecule has 0 saturated carbocycles. The molecule has 2 heterocycles. The first-order valence-electron chi connectivity index (χ1n) is 6.72. The highest BCUT2D eigenvalue weighted by molar-refractivity contribution is 6.02. The van der Waals surface area contributed by atoms with Crippen LogP contribution < -0.4 is 10.6 Å². The molecular weight excluding hydrogens is 278 g/mol. The van der Waals surface area contributed by atoms with Crippen molar-refractivity contribution in [2.24, 2.45) is 0 Å². The van der Waals surface area contributed by atoms with E-state index in [0.29, 0.717) is 11.3 Å². The first-order chi connectivity index (χ1) is 9.00. The summed E-state index contributed by atoms with van der Waals surface area (Å²) in [5, 5.41) is 6.27. The van der Waals surface area contributed by atoms with Crippen molar-refractivity contribution in [2.45, 2.75) is 39.7 Å². The van der Waals surface area contributed by atoms with E-state index in [4.69, 9.17) is 0 Å². The van der Waals surface area contributed by atoms with E-state index in [2.05, 4.69) is 15.6 Å². The van der Waals surface area contributed by atoms with Gasteiger partial charge in [0.25, 0.3) is 5.91 Å². The van der Waals surface area contributed by atoms with Gasteiger partial charge in [0, 0.05) is 23.8 Å². The van der Waals surface area contributed by atoms with Gasteiger partial charge in [0.1, 0.15) is 5.69 Å². The molecule has 0 radical (unpaired) electrons. The van der Waals surface area contributed by atoms with E-state index in [-0.39, 0.29) is 30.1 Å². The lowest BCUT2D eigenvalue weighted by molar-refractivity contribution is 0.0925. The van der Waals surface area contributed by atoms with Gasteiger partial charge in [-0.2, -0.15) is 0 Å². The Kier molecular flexibility index (Phi) is 5.77. The second-order valence-corrected chi connectivity index (χ2v) is 5.20. The zero-order chi connectivity index (χ0) is 14.0. The topological polar surface area (TPSA) is 74.0 Å². The fourth-order valence-corrected chi connectivity index (χ4v) is 2.74. The lowest BCUT2D eigenvalue weighted by Crippen LogP contribution is -2.45. The van der Waals surface area contributed by atoms with Crippen molar-refractivity contribution in [3.63, 3.8) is 0 Å². The van der Waals surface area contributed by atoms with Crippen LogP contribution >= 0.6 is 12.4 Å². The lowest BCUT2D eigenvalue weighted by atomic mass is 10.1. The van der Waals surface area contributed by atoms with Gasteiger partial charge < -0.3 is 15.6 Å². The van der Waals surface area contributed by atoms with Crippen LogP contribution in [0.1, 0.15) is 51.9 Å². The second kappa shape index (κ2) is 6.90. The minimum Gasteiger partial charge on any atom is -0.354 e. The van der Waals surface area contributed by atoms with E-state index in [0.717, 1.165) is 37.2 Å². The number of piperidine rings is 1. The molecule has 1 aliphatic rings. The minimum atomic E-state index is -0.123. The van der Waals surface area contributed by atoms with Gasteiger partial charge in [-0.1, -0.05) is 0 Å². The molecule has 5 nitrogen and oxygen atoms in total. The largest absolute Gasteiger partial charge is 0.354 e. The molecule has 1 saturated heterocycles. The fraction of sp³-hybridized carbons (Fsp3) is 0.571. The number of H-pyrrole nitrogens is 1. The van der Waals surface area contributed by atoms with Gasteiger partial charge in [-0.05, 0) is 45.7 Å². The summed E-state index contributed by atoms with van der Waals surface area (Å²) < 4.78 is 0. The number of carbonyl (C=O) groups is 2. The normalized spacial score (nSPS) is 18.2. The number of aromatic amines is 1. The van der Waals surface area contributed by atoms with E-state index in [1.165, 1.54) is 6.92 Å². The molecule has 1 aliphatic heterocycles. The molecule has 0 unspecified atom stereocenters. The Morgan fingerprint density at radius 3 is 2.50 bits per heavy atom. The Bertz CT molecular complexity index is 505. The molecule has 0 bridgehead atoms. The van der Waals surface area contributed by atoms with Crippen LogP contribution in [0.2, 0.25) is 0 Å². The first-order valence-corrected chi connectivity index (χ1v) is 6.72. The van der Waals surface area contributed by atoms with Crippen molar-refractivity contribution in [3.05, 3.63) is 22.5 Å². The summed E-state index contributed by atoms with van der Waals surface area (Å²) in [7, 11) is 0. The SMILES string of the molecule is CC(=O)c1c(C)[nH]c(C(=O)N[C@H]2CCCNC2)c1C.Cl. The number of hydrogen-bond donors (Lipinski definition) is 3. The molecule has 1 atom stereocenters. The Hall–Kier alpha value is -1.33. The van der Waals surface area contributed by atoms with Gasteiger partial charge in [-0.3, -0.25) is 9.59 Å². The average Bonchev–Trinajstić information content (AvgIpc) is 2.66. The van der Waals surface area contributed by atoms with Crippen LogP contribution in [0.25, 0.3) is 0 Å². The van der Waals surface area contributed by atoms with Gasteiger partial charge in [0.15, 0.2) is 5.78 Å². The van der Waals surface area contributed by atoms with E-state index in [9.17, 15) is 9.59 Å². The quantitative estimate of drug-likeness (QED) is 0.744. The second-order valence-electron chi connectivity index (χ2n) is 5.20. The van der Waals surface area contributed by atoms with Crippen LogP contribution in [0.3, 0.4) is 0 Å². The smallest absolute Gasteiger partial charge is 0.268 e. The van der Waals surface area contributed by atoms with Crippen molar-refractivity contribution in [3.8, 4) is 0 Å². The molecule has 1 aromatic heterocycles. The fourth-order valence-electron chi connectivity index (χ4n) is 2.74. The summed E-state index contributed by atoms with van der Waals surface area (Å²) in [5.74, 6) is -0.133. The number of amides is 1. The summed E-state index contributed by atoms with van der Waals surface area (Å²) in [6, 6.07) is 0.171. The summed E-state index contributed by atoms with van der Waals surface area (Å²) in [5.41, 5.74) is 2.64.